The van der Waals surface area contributed by atoms with Crippen LogP contribution in [-0.2, 0) is 16.1 Å². The van der Waals surface area contributed by atoms with Gasteiger partial charge in [-0.3, -0.25) is 9.36 Å². The second kappa shape index (κ2) is 10.7. The molecule has 1 saturated carbocycles. The molecule has 4 rings (SSSR count). The highest BCUT2D eigenvalue weighted by atomic mass is 32.2. The van der Waals surface area contributed by atoms with Crippen LogP contribution in [0.3, 0.4) is 0 Å². The Morgan fingerprint density at radius 2 is 1.75 bits per heavy atom. The van der Waals surface area contributed by atoms with Gasteiger partial charge in [0.1, 0.15) is 6.10 Å². The number of rotatable bonds is 8. The van der Waals surface area contributed by atoms with Crippen molar-refractivity contribution < 1.29 is 9.53 Å². The summed E-state index contributed by atoms with van der Waals surface area (Å²) >= 11 is 1.37. The zero-order chi connectivity index (χ0) is 22.3. The number of hydrogen-bond acceptors (Lipinski definition) is 6. The number of nitrogens with zero attached hydrogens (tertiary/aromatic N) is 3. The van der Waals surface area contributed by atoms with Gasteiger partial charge in [-0.25, -0.2) is 0 Å². The molecule has 1 heterocycles. The topological polar surface area (TPSA) is 69.0 Å². The summed E-state index contributed by atoms with van der Waals surface area (Å²) in [6.45, 7) is 4.72. The average Bonchev–Trinajstić information content (AvgIpc) is 3.21. The van der Waals surface area contributed by atoms with E-state index in [0.717, 1.165) is 42.9 Å². The lowest BCUT2D eigenvalue weighted by Gasteiger charge is -2.21. The van der Waals surface area contributed by atoms with Crippen molar-refractivity contribution in [1.29, 1.82) is 0 Å². The summed E-state index contributed by atoms with van der Waals surface area (Å²) in [6, 6.07) is 16.3. The first-order chi connectivity index (χ1) is 15.6. The fourth-order valence-corrected chi connectivity index (χ4v) is 4.89. The van der Waals surface area contributed by atoms with Crippen LogP contribution in [0, 0.1) is 13.8 Å². The number of benzene rings is 2. The molecule has 0 amide bonds. The van der Waals surface area contributed by atoms with E-state index in [1.54, 1.807) is 0 Å². The number of nitrogens with one attached hydrogen (secondary N) is 1. The van der Waals surface area contributed by atoms with Gasteiger partial charge in [0.25, 0.3) is 0 Å². The number of aryl methyl sites for hydroxylation is 2. The third-order valence-electron chi connectivity index (χ3n) is 5.79. The molecular weight excluding hydrogens is 420 g/mol. The fourth-order valence-electron chi connectivity index (χ4n) is 4.13. The Kier molecular flexibility index (Phi) is 7.47. The Hall–Kier alpha value is -2.80. The molecule has 2 aromatic carbocycles. The van der Waals surface area contributed by atoms with Crippen LogP contribution in [0.2, 0.25) is 0 Å². The van der Waals surface area contributed by atoms with E-state index in [-0.39, 0.29) is 17.8 Å². The molecule has 0 saturated heterocycles. The van der Waals surface area contributed by atoms with Crippen LogP contribution in [0.4, 0.5) is 5.69 Å². The van der Waals surface area contributed by atoms with Gasteiger partial charge in [0.05, 0.1) is 12.3 Å². The normalized spacial score (nSPS) is 14.3. The van der Waals surface area contributed by atoms with Crippen molar-refractivity contribution >= 4 is 23.4 Å². The highest BCUT2D eigenvalue weighted by Gasteiger charge is 2.20. The highest BCUT2D eigenvalue weighted by Crippen LogP contribution is 2.26. The van der Waals surface area contributed by atoms with E-state index < -0.39 is 0 Å². The maximum atomic E-state index is 12.4. The average molecular weight is 451 g/mol. The molecule has 1 aliphatic carbocycles. The Bertz CT molecular complexity index is 1030. The maximum Gasteiger partial charge on any atom is 0.316 e. The molecule has 0 atom stereocenters. The van der Waals surface area contributed by atoms with E-state index in [9.17, 15) is 4.79 Å². The minimum Gasteiger partial charge on any atom is -0.462 e. The number of hydrogen-bond donors (Lipinski definition) is 1. The summed E-state index contributed by atoms with van der Waals surface area (Å²) in [6.07, 6.45) is 5.55. The van der Waals surface area contributed by atoms with Crippen LogP contribution in [-0.4, -0.2) is 32.6 Å². The minimum atomic E-state index is -0.181. The lowest BCUT2D eigenvalue weighted by Crippen LogP contribution is -2.22. The Balaban J connectivity index is 1.48. The number of esters is 1. The Labute approximate surface area is 193 Å². The fraction of sp³-hybridized carbons (Fsp3) is 0.400. The molecule has 0 aliphatic heterocycles. The molecule has 7 heteroatoms. The van der Waals surface area contributed by atoms with Gasteiger partial charge in [0, 0.05) is 11.4 Å². The predicted molar refractivity (Wildman–Crippen MR) is 128 cm³/mol. The number of carbonyl (C=O) groups is 1. The molecular formula is C25H30N4O2S. The van der Waals surface area contributed by atoms with Crippen molar-refractivity contribution in [3.05, 3.63) is 65.5 Å². The van der Waals surface area contributed by atoms with E-state index in [0.29, 0.717) is 11.7 Å². The number of thioether (sulfide) groups is 1. The highest BCUT2D eigenvalue weighted by molar-refractivity contribution is 7.99. The standard InChI is InChI=1S/C25H30N4O2S/c1-18-10-9-11-19(2)24(18)26-16-22-27-28-25(29(22)20-12-5-3-6-13-20)32-17-23(30)31-21-14-7-4-8-15-21/h3,5-6,9-13,21,26H,4,7-8,14-17H2,1-2H3. The van der Waals surface area contributed by atoms with Gasteiger partial charge in [0.2, 0.25) is 0 Å². The van der Waals surface area contributed by atoms with Crippen molar-refractivity contribution in [2.45, 2.75) is 63.8 Å². The smallest absolute Gasteiger partial charge is 0.316 e. The number of para-hydroxylation sites is 2. The third-order valence-corrected chi connectivity index (χ3v) is 6.69. The zero-order valence-electron chi connectivity index (χ0n) is 18.7. The van der Waals surface area contributed by atoms with Crippen LogP contribution in [0.5, 0.6) is 0 Å². The first kappa shape index (κ1) is 22.4. The quantitative estimate of drug-likeness (QED) is 0.363. The Morgan fingerprint density at radius 1 is 1.03 bits per heavy atom. The number of anilines is 1. The summed E-state index contributed by atoms with van der Waals surface area (Å²) in [5.74, 6) is 0.841. The number of ether oxygens (including phenoxy) is 1. The van der Waals surface area contributed by atoms with Crippen LogP contribution in [0.25, 0.3) is 5.69 Å². The largest absolute Gasteiger partial charge is 0.462 e. The van der Waals surface area contributed by atoms with Crippen molar-refractivity contribution in [3.63, 3.8) is 0 Å². The lowest BCUT2D eigenvalue weighted by molar-refractivity contribution is -0.147. The van der Waals surface area contributed by atoms with Crippen molar-refractivity contribution in [2.75, 3.05) is 11.1 Å². The van der Waals surface area contributed by atoms with Crippen LogP contribution < -0.4 is 5.32 Å². The molecule has 0 spiro atoms. The van der Waals surface area contributed by atoms with Crippen LogP contribution >= 0.6 is 11.8 Å². The van der Waals surface area contributed by atoms with E-state index in [4.69, 9.17) is 4.74 Å². The zero-order valence-corrected chi connectivity index (χ0v) is 19.5. The molecule has 1 N–H and O–H groups in total. The SMILES string of the molecule is Cc1cccc(C)c1NCc1nnc(SCC(=O)OC2CCCCC2)n1-c1ccccc1. The summed E-state index contributed by atoms with van der Waals surface area (Å²) in [7, 11) is 0. The van der Waals surface area contributed by atoms with Gasteiger partial charge in [0.15, 0.2) is 11.0 Å². The van der Waals surface area contributed by atoms with Gasteiger partial charge in [-0.15, -0.1) is 10.2 Å². The molecule has 1 fully saturated rings. The molecule has 1 aliphatic rings. The molecule has 0 unspecified atom stereocenters. The predicted octanol–water partition coefficient (Wildman–Crippen LogP) is 5.46. The van der Waals surface area contributed by atoms with Gasteiger partial charge in [-0.05, 0) is 62.8 Å². The molecule has 6 nitrogen and oxygen atoms in total. The van der Waals surface area contributed by atoms with Crippen LogP contribution in [0.15, 0.2) is 53.7 Å². The molecule has 3 aromatic rings. The van der Waals surface area contributed by atoms with Crippen molar-refractivity contribution in [3.8, 4) is 5.69 Å². The van der Waals surface area contributed by atoms with Gasteiger partial charge in [-0.1, -0.05) is 54.6 Å². The second-order valence-electron chi connectivity index (χ2n) is 8.23. The molecule has 1 aromatic heterocycles. The van der Waals surface area contributed by atoms with E-state index in [1.807, 2.05) is 34.9 Å². The van der Waals surface area contributed by atoms with Gasteiger partial charge < -0.3 is 10.1 Å². The second-order valence-corrected chi connectivity index (χ2v) is 9.17. The summed E-state index contributed by atoms with van der Waals surface area (Å²) in [4.78, 5) is 12.4. The van der Waals surface area contributed by atoms with Gasteiger partial charge in [-0.2, -0.15) is 0 Å². The molecule has 32 heavy (non-hydrogen) atoms. The Morgan fingerprint density at radius 3 is 2.47 bits per heavy atom. The van der Waals surface area contributed by atoms with E-state index in [1.165, 1.54) is 29.3 Å². The van der Waals surface area contributed by atoms with Gasteiger partial charge >= 0.3 is 5.97 Å². The van der Waals surface area contributed by atoms with Crippen molar-refractivity contribution in [1.82, 2.24) is 14.8 Å². The lowest BCUT2D eigenvalue weighted by atomic mass is 9.98. The van der Waals surface area contributed by atoms with Crippen molar-refractivity contribution in [2.24, 2.45) is 0 Å². The first-order valence-corrected chi connectivity index (χ1v) is 12.2. The third kappa shape index (κ3) is 5.51. The number of carbonyl (C=O) groups excluding carboxylic acids is 1. The summed E-state index contributed by atoms with van der Waals surface area (Å²) in [5, 5.41) is 13.0. The summed E-state index contributed by atoms with van der Waals surface area (Å²) < 4.78 is 7.68. The van der Waals surface area contributed by atoms with E-state index in [2.05, 4.69) is 47.6 Å². The first-order valence-electron chi connectivity index (χ1n) is 11.2. The van der Waals surface area contributed by atoms with E-state index >= 15 is 0 Å². The number of aromatic nitrogens is 3. The molecule has 168 valence electrons. The van der Waals surface area contributed by atoms with Crippen LogP contribution in [0.1, 0.15) is 49.1 Å². The summed E-state index contributed by atoms with van der Waals surface area (Å²) in [5.41, 5.74) is 4.46. The molecule has 0 radical (unpaired) electrons. The minimum absolute atomic E-state index is 0.0703. The monoisotopic (exact) mass is 450 g/mol. The maximum absolute atomic E-state index is 12.4. The molecule has 0 bridgehead atoms.